The summed E-state index contributed by atoms with van der Waals surface area (Å²) in [6.07, 6.45) is -12.0. The molecule has 0 aromatic heterocycles. The van der Waals surface area contributed by atoms with E-state index in [9.17, 15) is 35.9 Å². The Labute approximate surface area is 149 Å². The van der Waals surface area contributed by atoms with Gasteiger partial charge in [0.1, 0.15) is 0 Å². The molecule has 0 fully saturated rings. The molecule has 0 N–H and O–H groups in total. The molecule has 0 radical (unpaired) electrons. The number of esters is 2. The number of benzene rings is 1. The van der Waals surface area contributed by atoms with Gasteiger partial charge in [-0.2, -0.15) is 26.3 Å². The molecule has 1 heterocycles. The average Bonchev–Trinajstić information content (AvgIpc) is 2.98. The van der Waals surface area contributed by atoms with Crippen molar-refractivity contribution in [1.82, 2.24) is 0 Å². The summed E-state index contributed by atoms with van der Waals surface area (Å²) in [5, 5.41) is 0. The minimum atomic E-state index is -6.01. The van der Waals surface area contributed by atoms with Crippen LogP contribution in [0.15, 0.2) is 41.5 Å². The monoisotopic (exact) mass is 397 g/mol. The normalized spacial score (nSPS) is 17.1. The number of methoxy groups -OCH3 is 2. The van der Waals surface area contributed by atoms with Crippen LogP contribution in [-0.4, -0.2) is 50.6 Å². The van der Waals surface area contributed by atoms with E-state index in [0.717, 1.165) is 19.2 Å². The molecule has 148 valence electrons. The fourth-order valence-corrected chi connectivity index (χ4v) is 3.01. The second kappa shape index (κ2) is 6.78. The Bertz CT molecular complexity index is 755. The topological polar surface area (TPSA) is 55.8 Å². The summed E-state index contributed by atoms with van der Waals surface area (Å²) < 4.78 is 92.3. The van der Waals surface area contributed by atoms with E-state index in [1.54, 1.807) is 0 Å². The van der Waals surface area contributed by atoms with Gasteiger partial charge in [-0.05, 0) is 12.1 Å². The average molecular weight is 397 g/mol. The van der Waals surface area contributed by atoms with Gasteiger partial charge in [-0.3, -0.25) is 0 Å². The molecule has 2 rings (SSSR count). The Morgan fingerprint density at radius 3 is 1.81 bits per heavy atom. The minimum Gasteiger partial charge on any atom is -0.466 e. The van der Waals surface area contributed by atoms with Gasteiger partial charge in [-0.1, -0.05) is 18.2 Å². The SMILES string of the molecule is COC(=O)C1=C(C(=O)OC)C(C(F)(F)F)(C(F)(F)F)N(c2ccccc2)C1. The third-order valence-corrected chi connectivity index (χ3v) is 4.09. The highest BCUT2D eigenvalue weighted by Crippen LogP contribution is 2.56. The lowest BCUT2D eigenvalue weighted by atomic mass is 9.86. The van der Waals surface area contributed by atoms with Gasteiger partial charge in [0.2, 0.25) is 0 Å². The van der Waals surface area contributed by atoms with Crippen molar-refractivity contribution >= 4 is 17.6 Å². The number of para-hydroxylation sites is 1. The van der Waals surface area contributed by atoms with E-state index in [4.69, 9.17) is 0 Å². The summed E-state index contributed by atoms with van der Waals surface area (Å²) in [4.78, 5) is 23.8. The second-order valence-corrected chi connectivity index (χ2v) is 5.46. The van der Waals surface area contributed by atoms with Crippen molar-refractivity contribution in [3.63, 3.8) is 0 Å². The van der Waals surface area contributed by atoms with E-state index in [2.05, 4.69) is 9.47 Å². The van der Waals surface area contributed by atoms with Gasteiger partial charge in [0.25, 0.3) is 5.54 Å². The first-order chi connectivity index (χ1) is 12.4. The minimum absolute atomic E-state index is 0.0918. The summed E-state index contributed by atoms with van der Waals surface area (Å²) in [5.74, 6) is -3.42. The Kier molecular flexibility index (Phi) is 5.17. The van der Waals surface area contributed by atoms with Gasteiger partial charge in [-0.15, -0.1) is 0 Å². The van der Waals surface area contributed by atoms with Gasteiger partial charge in [0, 0.05) is 5.69 Å². The summed E-state index contributed by atoms with van der Waals surface area (Å²) in [5.41, 5.74) is -8.21. The third-order valence-electron chi connectivity index (χ3n) is 4.09. The molecule has 1 aromatic carbocycles. The Hall–Kier alpha value is -2.72. The lowest BCUT2D eigenvalue weighted by Crippen LogP contribution is -2.67. The fourth-order valence-electron chi connectivity index (χ4n) is 3.01. The van der Waals surface area contributed by atoms with Crippen LogP contribution in [0.2, 0.25) is 0 Å². The summed E-state index contributed by atoms with van der Waals surface area (Å²) in [6, 6.07) is 5.84. The van der Waals surface area contributed by atoms with Crippen LogP contribution >= 0.6 is 0 Å². The summed E-state index contributed by atoms with van der Waals surface area (Å²) in [6.45, 7) is -1.15. The standard InChI is InChI=1S/C16H13F6NO4/c1-26-12(24)10-8-23(9-6-4-3-5-7-9)14(15(17,18)19,16(20,21)22)11(10)13(25)27-2/h3-7H,8H2,1-2H3. The second-order valence-electron chi connectivity index (χ2n) is 5.46. The highest BCUT2D eigenvalue weighted by atomic mass is 19.4. The van der Waals surface area contributed by atoms with Gasteiger partial charge < -0.3 is 14.4 Å². The zero-order valence-electron chi connectivity index (χ0n) is 13.9. The van der Waals surface area contributed by atoms with Gasteiger partial charge >= 0.3 is 24.3 Å². The Morgan fingerprint density at radius 1 is 0.926 bits per heavy atom. The van der Waals surface area contributed by atoms with Crippen LogP contribution in [0.4, 0.5) is 32.0 Å². The molecular formula is C16H13F6NO4. The van der Waals surface area contributed by atoms with E-state index >= 15 is 0 Å². The van der Waals surface area contributed by atoms with Crippen molar-refractivity contribution in [3.8, 4) is 0 Å². The maximum Gasteiger partial charge on any atom is 0.425 e. The van der Waals surface area contributed by atoms with E-state index in [-0.39, 0.29) is 4.90 Å². The number of alkyl halides is 6. The van der Waals surface area contributed by atoms with Crippen molar-refractivity contribution in [2.75, 3.05) is 25.7 Å². The zero-order valence-corrected chi connectivity index (χ0v) is 13.9. The first-order valence-corrected chi connectivity index (χ1v) is 7.29. The molecule has 0 aliphatic carbocycles. The van der Waals surface area contributed by atoms with E-state index in [1.807, 2.05) is 0 Å². The van der Waals surface area contributed by atoms with Crippen molar-refractivity contribution in [2.45, 2.75) is 17.9 Å². The van der Waals surface area contributed by atoms with Crippen molar-refractivity contribution in [2.24, 2.45) is 0 Å². The molecule has 0 amide bonds. The number of halogens is 6. The van der Waals surface area contributed by atoms with Gasteiger partial charge in [-0.25, -0.2) is 9.59 Å². The van der Waals surface area contributed by atoms with Crippen molar-refractivity contribution < 1.29 is 45.4 Å². The maximum absolute atomic E-state index is 14.0. The first kappa shape index (κ1) is 20.6. The predicted octanol–water partition coefficient (Wildman–Crippen LogP) is 3.01. The van der Waals surface area contributed by atoms with Crippen LogP contribution in [0, 0.1) is 0 Å². The van der Waals surface area contributed by atoms with Crippen LogP contribution < -0.4 is 4.90 Å². The zero-order chi connectivity index (χ0) is 20.6. The van der Waals surface area contributed by atoms with Crippen molar-refractivity contribution in [3.05, 3.63) is 41.5 Å². The molecule has 0 unspecified atom stereocenters. The molecular weight excluding hydrogens is 384 g/mol. The first-order valence-electron chi connectivity index (χ1n) is 7.29. The predicted molar refractivity (Wildman–Crippen MR) is 79.7 cm³/mol. The lowest BCUT2D eigenvalue weighted by molar-refractivity contribution is -0.282. The van der Waals surface area contributed by atoms with E-state index in [1.165, 1.54) is 18.2 Å². The summed E-state index contributed by atoms with van der Waals surface area (Å²) in [7, 11) is 1.39. The molecule has 27 heavy (non-hydrogen) atoms. The Balaban J connectivity index is 2.95. The molecule has 1 aromatic rings. The quantitative estimate of drug-likeness (QED) is 0.580. The van der Waals surface area contributed by atoms with Crippen molar-refractivity contribution in [1.29, 1.82) is 0 Å². The number of carbonyl (C=O) groups is 2. The molecule has 1 aliphatic rings. The third kappa shape index (κ3) is 3.00. The molecule has 0 bridgehead atoms. The maximum atomic E-state index is 14.0. The van der Waals surface area contributed by atoms with Crippen LogP contribution in [0.1, 0.15) is 0 Å². The molecule has 0 saturated heterocycles. The Morgan fingerprint density at radius 2 is 1.41 bits per heavy atom. The van der Waals surface area contributed by atoms with Crippen LogP contribution in [0.3, 0.4) is 0 Å². The highest BCUT2D eigenvalue weighted by molar-refractivity contribution is 6.05. The molecule has 0 saturated carbocycles. The number of rotatable bonds is 3. The van der Waals surface area contributed by atoms with Crippen LogP contribution in [0.5, 0.6) is 0 Å². The summed E-state index contributed by atoms with van der Waals surface area (Å²) >= 11 is 0. The lowest BCUT2D eigenvalue weighted by Gasteiger charge is -2.43. The number of ether oxygens (including phenoxy) is 2. The van der Waals surface area contributed by atoms with Crippen LogP contribution in [0.25, 0.3) is 0 Å². The fraction of sp³-hybridized carbons (Fsp3) is 0.375. The number of hydrogen-bond donors (Lipinski definition) is 0. The van der Waals surface area contributed by atoms with Gasteiger partial charge in [0.05, 0.1) is 31.9 Å². The number of anilines is 1. The molecule has 5 nitrogen and oxygen atoms in total. The number of carbonyl (C=O) groups excluding carboxylic acids is 2. The largest absolute Gasteiger partial charge is 0.466 e. The number of hydrogen-bond acceptors (Lipinski definition) is 5. The highest BCUT2D eigenvalue weighted by Gasteiger charge is 2.80. The van der Waals surface area contributed by atoms with E-state index in [0.29, 0.717) is 7.11 Å². The van der Waals surface area contributed by atoms with Crippen LogP contribution in [-0.2, 0) is 19.1 Å². The molecule has 1 aliphatic heterocycles. The molecule has 0 spiro atoms. The molecule has 11 heteroatoms. The smallest absolute Gasteiger partial charge is 0.425 e. The van der Waals surface area contributed by atoms with E-state index < -0.39 is 53.2 Å². The number of nitrogens with zero attached hydrogens (tertiary/aromatic N) is 1. The molecule has 0 atom stereocenters. The van der Waals surface area contributed by atoms with Gasteiger partial charge in [0.15, 0.2) is 0 Å².